The van der Waals surface area contributed by atoms with Gasteiger partial charge in [-0.05, 0) is 36.9 Å². The maximum absolute atomic E-state index is 13.5. The number of rotatable bonds is 5. The molecule has 0 unspecified atom stereocenters. The van der Waals surface area contributed by atoms with Crippen molar-refractivity contribution in [1.82, 2.24) is 14.3 Å². The molecule has 0 saturated carbocycles. The highest BCUT2D eigenvalue weighted by Crippen LogP contribution is 2.25. The molecular formula is C22H19F2N3. The minimum Gasteiger partial charge on any atom is -0.302 e. The van der Waals surface area contributed by atoms with Crippen molar-refractivity contribution in [2.24, 2.45) is 0 Å². The molecule has 0 atom stereocenters. The molecule has 4 aromatic rings. The van der Waals surface area contributed by atoms with Crippen molar-refractivity contribution in [3.8, 4) is 11.3 Å². The second-order valence-corrected chi connectivity index (χ2v) is 6.62. The first-order valence-corrected chi connectivity index (χ1v) is 8.75. The van der Waals surface area contributed by atoms with Crippen LogP contribution < -0.4 is 0 Å². The fourth-order valence-electron chi connectivity index (χ4n) is 3.29. The Labute approximate surface area is 156 Å². The molecule has 0 aliphatic carbocycles. The lowest BCUT2D eigenvalue weighted by Gasteiger charge is -2.18. The molecule has 2 heterocycles. The van der Waals surface area contributed by atoms with E-state index in [-0.39, 0.29) is 0 Å². The molecule has 27 heavy (non-hydrogen) atoms. The monoisotopic (exact) mass is 363 g/mol. The highest BCUT2D eigenvalue weighted by molar-refractivity contribution is 5.66. The number of hydrogen-bond donors (Lipinski definition) is 0. The SMILES string of the molecule is CN(Cc1ccc(F)c(F)c1)Cc1c(-c2ccccc2)nc2ccccn12. The quantitative estimate of drug-likeness (QED) is 0.502. The normalized spacial score (nSPS) is 11.4. The van der Waals surface area contributed by atoms with E-state index in [9.17, 15) is 8.78 Å². The van der Waals surface area contributed by atoms with Gasteiger partial charge in [0.25, 0.3) is 0 Å². The Morgan fingerprint density at radius 3 is 2.44 bits per heavy atom. The summed E-state index contributed by atoms with van der Waals surface area (Å²) in [7, 11) is 1.96. The average Bonchev–Trinajstić information content (AvgIpc) is 3.04. The predicted octanol–water partition coefficient (Wildman–Crippen LogP) is 4.91. The summed E-state index contributed by atoms with van der Waals surface area (Å²) in [6.45, 7) is 1.12. The standard InChI is InChI=1S/C22H19F2N3/c1-26(14-16-10-11-18(23)19(24)13-16)15-20-22(17-7-3-2-4-8-17)25-21-9-5-6-12-27(20)21/h2-13H,14-15H2,1H3. The first-order chi connectivity index (χ1) is 13.1. The maximum Gasteiger partial charge on any atom is 0.159 e. The van der Waals surface area contributed by atoms with Gasteiger partial charge in [0.05, 0.1) is 11.4 Å². The summed E-state index contributed by atoms with van der Waals surface area (Å²) >= 11 is 0. The van der Waals surface area contributed by atoms with E-state index >= 15 is 0 Å². The number of aromatic nitrogens is 2. The number of imidazole rings is 1. The third kappa shape index (κ3) is 3.59. The lowest BCUT2D eigenvalue weighted by atomic mass is 10.1. The smallest absolute Gasteiger partial charge is 0.159 e. The van der Waals surface area contributed by atoms with Gasteiger partial charge in [0.15, 0.2) is 11.6 Å². The van der Waals surface area contributed by atoms with Crippen LogP contribution in [0, 0.1) is 11.6 Å². The minimum atomic E-state index is -0.824. The predicted molar refractivity (Wildman–Crippen MR) is 102 cm³/mol. The molecule has 0 spiro atoms. The van der Waals surface area contributed by atoms with E-state index in [1.807, 2.05) is 61.8 Å². The highest BCUT2D eigenvalue weighted by atomic mass is 19.2. The molecule has 0 amide bonds. The van der Waals surface area contributed by atoms with E-state index in [0.717, 1.165) is 28.2 Å². The van der Waals surface area contributed by atoms with Gasteiger partial charge in [-0.1, -0.05) is 42.5 Å². The number of fused-ring (bicyclic) bond motifs is 1. The van der Waals surface area contributed by atoms with Crippen LogP contribution in [0.1, 0.15) is 11.3 Å². The van der Waals surface area contributed by atoms with Gasteiger partial charge in [-0.15, -0.1) is 0 Å². The summed E-state index contributed by atoms with van der Waals surface area (Å²) in [5, 5.41) is 0. The number of pyridine rings is 1. The third-order valence-electron chi connectivity index (χ3n) is 4.53. The lowest BCUT2D eigenvalue weighted by molar-refractivity contribution is 0.313. The first-order valence-electron chi connectivity index (χ1n) is 8.75. The topological polar surface area (TPSA) is 20.5 Å². The van der Waals surface area contributed by atoms with Crippen LogP contribution in [0.4, 0.5) is 8.78 Å². The lowest BCUT2D eigenvalue weighted by Crippen LogP contribution is -2.19. The van der Waals surface area contributed by atoms with Crippen molar-refractivity contribution in [3.63, 3.8) is 0 Å². The zero-order chi connectivity index (χ0) is 18.8. The fourth-order valence-corrected chi connectivity index (χ4v) is 3.29. The van der Waals surface area contributed by atoms with Gasteiger partial charge in [0, 0.05) is 24.8 Å². The largest absolute Gasteiger partial charge is 0.302 e. The van der Waals surface area contributed by atoms with Gasteiger partial charge in [-0.3, -0.25) is 4.90 Å². The van der Waals surface area contributed by atoms with E-state index in [2.05, 4.69) is 9.30 Å². The Bertz CT molecular complexity index is 1070. The fraction of sp³-hybridized carbons (Fsp3) is 0.136. The van der Waals surface area contributed by atoms with E-state index < -0.39 is 11.6 Å². The molecule has 5 heteroatoms. The van der Waals surface area contributed by atoms with E-state index in [1.54, 1.807) is 6.07 Å². The number of nitrogens with zero attached hydrogens (tertiary/aromatic N) is 3. The van der Waals surface area contributed by atoms with Gasteiger partial charge in [-0.2, -0.15) is 0 Å². The summed E-state index contributed by atoms with van der Waals surface area (Å²) in [6.07, 6.45) is 2.00. The molecular weight excluding hydrogens is 344 g/mol. The van der Waals surface area contributed by atoms with E-state index in [0.29, 0.717) is 13.1 Å². The Morgan fingerprint density at radius 2 is 1.67 bits per heavy atom. The molecule has 2 aromatic carbocycles. The summed E-state index contributed by atoms with van der Waals surface area (Å²) in [4.78, 5) is 6.86. The van der Waals surface area contributed by atoms with E-state index in [1.165, 1.54) is 12.1 Å². The second kappa shape index (κ2) is 7.29. The third-order valence-corrected chi connectivity index (χ3v) is 4.53. The molecule has 0 bridgehead atoms. The molecule has 0 aliphatic rings. The van der Waals surface area contributed by atoms with Crippen LogP contribution in [0.3, 0.4) is 0 Å². The summed E-state index contributed by atoms with van der Waals surface area (Å²) in [6, 6.07) is 20.0. The van der Waals surface area contributed by atoms with Crippen LogP contribution in [0.25, 0.3) is 16.9 Å². The van der Waals surface area contributed by atoms with Crippen LogP contribution in [-0.4, -0.2) is 21.3 Å². The number of hydrogen-bond acceptors (Lipinski definition) is 2. The van der Waals surface area contributed by atoms with Crippen LogP contribution in [0.5, 0.6) is 0 Å². The summed E-state index contributed by atoms with van der Waals surface area (Å²) in [5.41, 5.74) is 4.65. The summed E-state index contributed by atoms with van der Waals surface area (Å²) in [5.74, 6) is -1.64. The summed E-state index contributed by atoms with van der Waals surface area (Å²) < 4.78 is 28.7. The van der Waals surface area contributed by atoms with Gasteiger partial charge in [0.1, 0.15) is 5.65 Å². The van der Waals surface area contributed by atoms with Crippen molar-refractivity contribution >= 4 is 5.65 Å². The molecule has 0 saturated heterocycles. The molecule has 0 N–H and O–H groups in total. The Balaban J connectivity index is 1.67. The van der Waals surface area contributed by atoms with Crippen molar-refractivity contribution in [2.45, 2.75) is 13.1 Å². The first kappa shape index (κ1) is 17.4. The molecule has 0 aliphatic heterocycles. The van der Waals surface area contributed by atoms with Crippen molar-refractivity contribution in [1.29, 1.82) is 0 Å². The van der Waals surface area contributed by atoms with Crippen LogP contribution in [0.2, 0.25) is 0 Å². The minimum absolute atomic E-state index is 0.505. The Kier molecular flexibility index (Phi) is 4.69. The van der Waals surface area contributed by atoms with Gasteiger partial charge < -0.3 is 4.40 Å². The number of benzene rings is 2. The maximum atomic E-state index is 13.5. The molecule has 0 fully saturated rings. The van der Waals surface area contributed by atoms with Crippen LogP contribution in [0.15, 0.2) is 72.9 Å². The van der Waals surface area contributed by atoms with E-state index in [4.69, 9.17) is 4.98 Å². The van der Waals surface area contributed by atoms with Crippen molar-refractivity contribution < 1.29 is 8.78 Å². The Morgan fingerprint density at radius 1 is 0.889 bits per heavy atom. The van der Waals surface area contributed by atoms with Crippen molar-refractivity contribution in [3.05, 3.63) is 95.8 Å². The van der Waals surface area contributed by atoms with Crippen LogP contribution >= 0.6 is 0 Å². The molecule has 3 nitrogen and oxygen atoms in total. The Hall–Kier alpha value is -3.05. The van der Waals surface area contributed by atoms with Gasteiger partial charge in [-0.25, -0.2) is 13.8 Å². The van der Waals surface area contributed by atoms with Crippen molar-refractivity contribution in [2.75, 3.05) is 7.05 Å². The number of halogens is 2. The molecule has 2 aromatic heterocycles. The zero-order valence-electron chi connectivity index (χ0n) is 14.9. The molecule has 4 rings (SSSR count). The average molecular weight is 363 g/mol. The van der Waals surface area contributed by atoms with Crippen LogP contribution in [-0.2, 0) is 13.1 Å². The van der Waals surface area contributed by atoms with Gasteiger partial charge >= 0.3 is 0 Å². The van der Waals surface area contributed by atoms with Gasteiger partial charge in [0.2, 0.25) is 0 Å². The second-order valence-electron chi connectivity index (χ2n) is 6.62. The molecule has 136 valence electrons. The zero-order valence-corrected chi connectivity index (χ0v) is 14.9. The molecule has 0 radical (unpaired) electrons. The highest BCUT2D eigenvalue weighted by Gasteiger charge is 2.16.